The molecule has 0 aliphatic rings. The summed E-state index contributed by atoms with van der Waals surface area (Å²) in [6, 6.07) is 6.69. The zero-order valence-electron chi connectivity index (χ0n) is 9.61. The van der Waals surface area contributed by atoms with Gasteiger partial charge in [-0.2, -0.15) is 0 Å². The molecule has 0 aliphatic heterocycles. The number of hydrogen-bond acceptors (Lipinski definition) is 3. The largest absolute Gasteiger partial charge is 0.508 e. The van der Waals surface area contributed by atoms with Gasteiger partial charge in [-0.1, -0.05) is 12.1 Å². The van der Waals surface area contributed by atoms with Crippen LogP contribution in [0.15, 0.2) is 24.3 Å². The highest BCUT2D eigenvalue weighted by Gasteiger charge is 2.17. The summed E-state index contributed by atoms with van der Waals surface area (Å²) in [5, 5.41) is 20.9. The second kappa shape index (κ2) is 6.51. The Kier molecular flexibility index (Phi) is 5.31. The zero-order chi connectivity index (χ0) is 12.8. The van der Waals surface area contributed by atoms with Crippen LogP contribution >= 0.6 is 0 Å². The highest BCUT2D eigenvalue weighted by atomic mass is 19.3. The summed E-state index contributed by atoms with van der Waals surface area (Å²) in [7, 11) is 0. The number of nitrogens with one attached hydrogen (secondary N) is 1. The molecule has 0 heterocycles. The first kappa shape index (κ1) is 13.9. The van der Waals surface area contributed by atoms with E-state index in [1.54, 1.807) is 24.3 Å². The molecule has 2 atom stereocenters. The average molecular weight is 245 g/mol. The SMILES string of the molecule is CC(Cc1ccc(O)cc1)NCC(O)C(F)F. The molecule has 0 amide bonds. The van der Waals surface area contributed by atoms with Crippen molar-refractivity contribution in [2.24, 2.45) is 0 Å². The number of hydrogen-bond donors (Lipinski definition) is 3. The highest BCUT2D eigenvalue weighted by molar-refractivity contribution is 5.26. The van der Waals surface area contributed by atoms with Crippen molar-refractivity contribution in [1.29, 1.82) is 0 Å². The number of rotatable bonds is 6. The van der Waals surface area contributed by atoms with Crippen molar-refractivity contribution in [1.82, 2.24) is 5.32 Å². The van der Waals surface area contributed by atoms with E-state index in [1.165, 1.54) is 0 Å². The van der Waals surface area contributed by atoms with Crippen molar-refractivity contribution in [3.05, 3.63) is 29.8 Å². The minimum Gasteiger partial charge on any atom is -0.508 e. The molecule has 3 nitrogen and oxygen atoms in total. The Morgan fingerprint density at radius 1 is 1.24 bits per heavy atom. The number of aromatic hydroxyl groups is 1. The summed E-state index contributed by atoms with van der Waals surface area (Å²) in [6.07, 6.45) is -3.70. The molecular formula is C12H17F2NO2. The molecule has 96 valence electrons. The lowest BCUT2D eigenvalue weighted by Gasteiger charge is -2.16. The van der Waals surface area contributed by atoms with Crippen LogP contribution in [0.25, 0.3) is 0 Å². The fraction of sp³-hybridized carbons (Fsp3) is 0.500. The number of alkyl halides is 2. The van der Waals surface area contributed by atoms with Crippen LogP contribution in [0.1, 0.15) is 12.5 Å². The molecule has 0 bridgehead atoms. The Balaban J connectivity index is 2.34. The average Bonchev–Trinajstić information content (AvgIpc) is 2.29. The Bertz CT molecular complexity index is 330. The molecule has 1 rings (SSSR count). The van der Waals surface area contributed by atoms with Gasteiger partial charge in [-0.05, 0) is 31.0 Å². The van der Waals surface area contributed by atoms with Crippen LogP contribution in [0, 0.1) is 0 Å². The van der Waals surface area contributed by atoms with Crippen LogP contribution in [-0.2, 0) is 6.42 Å². The predicted octanol–water partition coefficient (Wildman–Crippen LogP) is 1.54. The second-order valence-electron chi connectivity index (χ2n) is 4.08. The monoisotopic (exact) mass is 245 g/mol. The first-order chi connectivity index (χ1) is 7.99. The molecular weight excluding hydrogens is 228 g/mol. The smallest absolute Gasteiger partial charge is 0.265 e. The lowest BCUT2D eigenvalue weighted by Crippen LogP contribution is -2.38. The van der Waals surface area contributed by atoms with E-state index in [9.17, 15) is 8.78 Å². The van der Waals surface area contributed by atoms with Gasteiger partial charge in [0.1, 0.15) is 11.9 Å². The van der Waals surface area contributed by atoms with Crippen molar-refractivity contribution < 1.29 is 19.0 Å². The van der Waals surface area contributed by atoms with Crippen LogP contribution < -0.4 is 5.32 Å². The number of benzene rings is 1. The van der Waals surface area contributed by atoms with Crippen LogP contribution in [0.2, 0.25) is 0 Å². The van der Waals surface area contributed by atoms with E-state index in [2.05, 4.69) is 5.32 Å². The zero-order valence-corrected chi connectivity index (χ0v) is 9.61. The molecule has 1 aromatic rings. The third-order valence-electron chi connectivity index (χ3n) is 2.44. The van der Waals surface area contributed by atoms with Gasteiger partial charge < -0.3 is 15.5 Å². The summed E-state index contributed by atoms with van der Waals surface area (Å²) in [5.74, 6) is 0.197. The molecule has 17 heavy (non-hydrogen) atoms. The van der Waals surface area contributed by atoms with Crippen LogP contribution in [-0.4, -0.2) is 35.3 Å². The molecule has 0 saturated heterocycles. The Hall–Kier alpha value is -1.20. The normalized spacial score (nSPS) is 14.9. The van der Waals surface area contributed by atoms with Crippen molar-refractivity contribution in [2.45, 2.75) is 31.9 Å². The Morgan fingerprint density at radius 2 is 1.82 bits per heavy atom. The number of halogens is 2. The molecule has 2 unspecified atom stereocenters. The summed E-state index contributed by atoms with van der Waals surface area (Å²) >= 11 is 0. The van der Waals surface area contributed by atoms with E-state index in [4.69, 9.17) is 10.2 Å². The highest BCUT2D eigenvalue weighted by Crippen LogP contribution is 2.11. The number of phenolic OH excluding ortho intramolecular Hbond substituents is 1. The molecule has 3 N–H and O–H groups in total. The number of aliphatic hydroxyl groups excluding tert-OH is 1. The topological polar surface area (TPSA) is 52.5 Å². The van der Waals surface area contributed by atoms with Gasteiger partial charge in [-0.25, -0.2) is 8.78 Å². The van der Waals surface area contributed by atoms with Crippen LogP contribution in [0.4, 0.5) is 8.78 Å². The number of aliphatic hydroxyl groups is 1. The summed E-state index contributed by atoms with van der Waals surface area (Å²) in [4.78, 5) is 0. The quantitative estimate of drug-likeness (QED) is 0.712. The molecule has 5 heteroatoms. The maximum Gasteiger partial charge on any atom is 0.265 e. The van der Waals surface area contributed by atoms with Gasteiger partial charge in [0.2, 0.25) is 0 Å². The molecule has 0 aromatic heterocycles. The molecule has 0 saturated carbocycles. The van der Waals surface area contributed by atoms with Crippen molar-refractivity contribution >= 4 is 0 Å². The lowest BCUT2D eigenvalue weighted by molar-refractivity contribution is -0.00434. The maximum absolute atomic E-state index is 12.0. The predicted molar refractivity (Wildman–Crippen MR) is 61.3 cm³/mol. The van der Waals surface area contributed by atoms with Gasteiger partial charge in [0.15, 0.2) is 0 Å². The van der Waals surface area contributed by atoms with Gasteiger partial charge in [-0.15, -0.1) is 0 Å². The van der Waals surface area contributed by atoms with Gasteiger partial charge in [0.05, 0.1) is 0 Å². The van der Waals surface area contributed by atoms with Gasteiger partial charge in [-0.3, -0.25) is 0 Å². The lowest BCUT2D eigenvalue weighted by atomic mass is 10.1. The molecule has 0 aliphatic carbocycles. The first-order valence-corrected chi connectivity index (χ1v) is 5.46. The van der Waals surface area contributed by atoms with E-state index >= 15 is 0 Å². The molecule has 0 fully saturated rings. The van der Waals surface area contributed by atoms with E-state index in [0.29, 0.717) is 6.42 Å². The standard InChI is InChI=1S/C12H17F2NO2/c1-8(15-7-11(17)12(13)14)6-9-2-4-10(16)5-3-9/h2-5,8,11-12,15-17H,6-7H2,1H3. The molecule has 0 spiro atoms. The van der Waals surface area contributed by atoms with Crippen LogP contribution in [0.3, 0.4) is 0 Å². The van der Waals surface area contributed by atoms with Crippen molar-refractivity contribution in [3.63, 3.8) is 0 Å². The Morgan fingerprint density at radius 3 is 2.35 bits per heavy atom. The minimum absolute atomic E-state index is 0.0204. The molecule has 0 radical (unpaired) electrons. The van der Waals surface area contributed by atoms with E-state index in [-0.39, 0.29) is 18.3 Å². The fourth-order valence-corrected chi connectivity index (χ4v) is 1.47. The third-order valence-corrected chi connectivity index (χ3v) is 2.44. The fourth-order valence-electron chi connectivity index (χ4n) is 1.47. The van der Waals surface area contributed by atoms with Crippen LogP contribution in [0.5, 0.6) is 5.75 Å². The Labute approximate surface area is 99.1 Å². The van der Waals surface area contributed by atoms with Crippen molar-refractivity contribution in [3.8, 4) is 5.75 Å². The third kappa shape index (κ3) is 5.10. The van der Waals surface area contributed by atoms with E-state index in [1.807, 2.05) is 6.92 Å². The summed E-state index contributed by atoms with van der Waals surface area (Å²) in [5.41, 5.74) is 0.995. The van der Waals surface area contributed by atoms with Gasteiger partial charge in [0.25, 0.3) is 6.43 Å². The van der Waals surface area contributed by atoms with Crippen molar-refractivity contribution in [2.75, 3.05) is 6.54 Å². The van der Waals surface area contributed by atoms with Gasteiger partial charge >= 0.3 is 0 Å². The van der Waals surface area contributed by atoms with E-state index in [0.717, 1.165) is 5.56 Å². The summed E-state index contributed by atoms with van der Waals surface area (Å²) in [6.45, 7) is 1.72. The molecule has 1 aromatic carbocycles. The number of phenols is 1. The summed E-state index contributed by atoms with van der Waals surface area (Å²) < 4.78 is 24.1. The van der Waals surface area contributed by atoms with E-state index < -0.39 is 12.5 Å². The minimum atomic E-state index is -2.72. The first-order valence-electron chi connectivity index (χ1n) is 5.46. The van der Waals surface area contributed by atoms with Gasteiger partial charge in [0, 0.05) is 12.6 Å². The second-order valence-corrected chi connectivity index (χ2v) is 4.08. The maximum atomic E-state index is 12.0.